The molecule has 1 amide bonds. The predicted octanol–water partition coefficient (Wildman–Crippen LogP) is 4.34. The molecule has 0 aliphatic carbocycles. The quantitative estimate of drug-likeness (QED) is 0.406. The van der Waals surface area contributed by atoms with E-state index in [4.69, 9.17) is 11.6 Å². The average Bonchev–Trinajstić information content (AvgIpc) is 2.80. The van der Waals surface area contributed by atoms with Crippen molar-refractivity contribution in [3.8, 4) is 0 Å². The number of rotatable bonds is 9. The van der Waals surface area contributed by atoms with Gasteiger partial charge >= 0.3 is 0 Å². The molecule has 176 valence electrons. The van der Waals surface area contributed by atoms with Gasteiger partial charge in [0.05, 0.1) is 11.0 Å². The maximum atomic E-state index is 12.9. The van der Waals surface area contributed by atoms with E-state index in [1.165, 1.54) is 6.08 Å². The summed E-state index contributed by atoms with van der Waals surface area (Å²) in [7, 11) is -3.65. The smallest absolute Gasteiger partial charge is 0.255 e. The first-order valence-electron chi connectivity index (χ1n) is 10.9. The molecule has 0 aromatic heterocycles. The first kappa shape index (κ1) is 25.0. The topological polar surface area (TPSA) is 86.7 Å². The van der Waals surface area contributed by atoms with Gasteiger partial charge in [0.1, 0.15) is 0 Å². The Morgan fingerprint density at radius 1 is 1.06 bits per heavy atom. The summed E-state index contributed by atoms with van der Waals surface area (Å²) in [5.41, 5.74) is 1.12. The SMILES string of the molecule is O=C(c1ccc(NS(=O)(=O)C=CC=CCCCl)cc1)N1CCC(O)(Cc2ccccc2)CC1. The van der Waals surface area contributed by atoms with E-state index in [-0.39, 0.29) is 5.91 Å². The molecule has 3 rings (SSSR count). The van der Waals surface area contributed by atoms with Gasteiger partial charge in [-0.15, -0.1) is 11.6 Å². The molecule has 0 spiro atoms. The minimum Gasteiger partial charge on any atom is -0.389 e. The second-order valence-electron chi connectivity index (χ2n) is 8.14. The molecule has 1 fully saturated rings. The standard InChI is InChI=1S/C25H29ClN2O4S/c26-16-6-1-2-7-19-33(31,32)27-23-12-10-22(11-13-23)24(29)28-17-14-25(30,15-18-28)20-21-8-4-3-5-9-21/h1-5,7-13,19,27,30H,6,14-18,20H2. The lowest BCUT2D eigenvalue weighted by atomic mass is 9.85. The zero-order valence-corrected chi connectivity index (χ0v) is 19.9. The number of allylic oxidation sites excluding steroid dienone is 3. The number of hydrogen-bond acceptors (Lipinski definition) is 4. The third-order valence-corrected chi connectivity index (χ3v) is 6.78. The number of sulfonamides is 1. The molecule has 1 saturated heterocycles. The highest BCUT2D eigenvalue weighted by atomic mass is 35.5. The average molecular weight is 489 g/mol. The number of amides is 1. The van der Waals surface area contributed by atoms with Gasteiger partial charge in [-0.1, -0.05) is 42.5 Å². The van der Waals surface area contributed by atoms with Gasteiger partial charge in [0.15, 0.2) is 0 Å². The van der Waals surface area contributed by atoms with Crippen molar-refractivity contribution < 1.29 is 18.3 Å². The highest BCUT2D eigenvalue weighted by molar-refractivity contribution is 7.95. The second-order valence-corrected chi connectivity index (χ2v) is 10.1. The number of halogens is 1. The summed E-state index contributed by atoms with van der Waals surface area (Å²) < 4.78 is 26.7. The third-order valence-electron chi connectivity index (χ3n) is 5.53. The summed E-state index contributed by atoms with van der Waals surface area (Å²) in [4.78, 5) is 14.6. The monoisotopic (exact) mass is 488 g/mol. The number of alkyl halides is 1. The minimum absolute atomic E-state index is 0.129. The summed E-state index contributed by atoms with van der Waals surface area (Å²) in [6, 6.07) is 16.2. The van der Waals surface area contributed by atoms with Crippen molar-refractivity contribution in [1.82, 2.24) is 4.90 Å². The van der Waals surface area contributed by atoms with E-state index in [1.54, 1.807) is 41.3 Å². The number of aliphatic hydroxyl groups is 1. The molecule has 2 aromatic rings. The molecule has 0 saturated carbocycles. The van der Waals surface area contributed by atoms with Crippen LogP contribution in [0.1, 0.15) is 35.2 Å². The Morgan fingerprint density at radius 2 is 1.73 bits per heavy atom. The maximum Gasteiger partial charge on any atom is 0.255 e. The van der Waals surface area contributed by atoms with Crippen LogP contribution in [0, 0.1) is 0 Å². The van der Waals surface area contributed by atoms with Crippen LogP contribution in [0.3, 0.4) is 0 Å². The molecular weight excluding hydrogens is 460 g/mol. The van der Waals surface area contributed by atoms with Gasteiger partial charge in [-0.3, -0.25) is 9.52 Å². The molecule has 1 aliphatic rings. The third kappa shape index (κ3) is 7.74. The van der Waals surface area contributed by atoms with Crippen LogP contribution < -0.4 is 4.72 Å². The largest absolute Gasteiger partial charge is 0.389 e. The Bertz CT molecular complexity index is 1080. The molecular formula is C25H29ClN2O4S. The molecule has 6 nitrogen and oxygen atoms in total. The first-order valence-corrected chi connectivity index (χ1v) is 13.0. The molecule has 2 aromatic carbocycles. The zero-order valence-electron chi connectivity index (χ0n) is 18.4. The molecule has 1 heterocycles. The van der Waals surface area contributed by atoms with Crippen molar-refractivity contribution in [2.75, 3.05) is 23.7 Å². The number of piperidine rings is 1. The normalized spacial score (nSPS) is 16.4. The van der Waals surface area contributed by atoms with Crippen LogP contribution in [0.25, 0.3) is 0 Å². The number of benzene rings is 2. The number of likely N-dealkylation sites (tertiary alicyclic amines) is 1. The molecule has 2 N–H and O–H groups in total. The van der Waals surface area contributed by atoms with E-state index in [0.29, 0.717) is 55.9 Å². The maximum absolute atomic E-state index is 12.9. The fourth-order valence-corrected chi connectivity index (χ4v) is 4.68. The molecule has 0 atom stereocenters. The molecule has 33 heavy (non-hydrogen) atoms. The van der Waals surface area contributed by atoms with Crippen molar-refractivity contribution in [1.29, 1.82) is 0 Å². The Hall–Kier alpha value is -2.61. The van der Waals surface area contributed by atoms with Gasteiger partial charge in [0.25, 0.3) is 15.9 Å². The van der Waals surface area contributed by atoms with E-state index in [0.717, 1.165) is 11.0 Å². The lowest BCUT2D eigenvalue weighted by Crippen LogP contribution is -2.47. The molecule has 8 heteroatoms. The second kappa shape index (κ2) is 11.5. The van der Waals surface area contributed by atoms with Crippen LogP contribution in [0.15, 0.2) is 78.2 Å². The molecule has 0 bridgehead atoms. The summed E-state index contributed by atoms with van der Waals surface area (Å²) >= 11 is 5.56. The lowest BCUT2D eigenvalue weighted by molar-refractivity contribution is -0.0162. The summed E-state index contributed by atoms with van der Waals surface area (Å²) in [5, 5.41) is 12.0. The van der Waals surface area contributed by atoms with E-state index in [1.807, 2.05) is 30.3 Å². The molecule has 0 unspecified atom stereocenters. The van der Waals surface area contributed by atoms with Crippen LogP contribution in [0.2, 0.25) is 0 Å². The zero-order chi connectivity index (χ0) is 23.7. The molecule has 0 radical (unpaired) electrons. The van der Waals surface area contributed by atoms with Crippen LogP contribution in [0.5, 0.6) is 0 Å². The van der Waals surface area contributed by atoms with Crippen LogP contribution in [-0.2, 0) is 16.4 Å². The van der Waals surface area contributed by atoms with E-state index >= 15 is 0 Å². The Balaban J connectivity index is 1.54. The van der Waals surface area contributed by atoms with Crippen molar-refractivity contribution in [2.24, 2.45) is 0 Å². The molecule has 1 aliphatic heterocycles. The van der Waals surface area contributed by atoms with E-state index in [2.05, 4.69) is 4.72 Å². The number of nitrogens with one attached hydrogen (secondary N) is 1. The Morgan fingerprint density at radius 3 is 2.36 bits per heavy atom. The number of carbonyl (C=O) groups is 1. The summed E-state index contributed by atoms with van der Waals surface area (Å²) in [6.07, 6.45) is 7.10. The lowest BCUT2D eigenvalue weighted by Gasteiger charge is -2.38. The van der Waals surface area contributed by atoms with E-state index < -0.39 is 15.6 Å². The van der Waals surface area contributed by atoms with Crippen molar-refractivity contribution in [3.63, 3.8) is 0 Å². The highest BCUT2D eigenvalue weighted by Crippen LogP contribution is 2.27. The number of anilines is 1. The summed E-state index contributed by atoms with van der Waals surface area (Å²) in [6.45, 7) is 0.942. The van der Waals surface area contributed by atoms with Crippen molar-refractivity contribution >= 4 is 33.2 Å². The van der Waals surface area contributed by atoms with Crippen LogP contribution in [-0.4, -0.2) is 48.9 Å². The number of hydrogen-bond donors (Lipinski definition) is 2. The highest BCUT2D eigenvalue weighted by Gasteiger charge is 2.34. The summed E-state index contributed by atoms with van der Waals surface area (Å²) in [5.74, 6) is 0.349. The first-order chi connectivity index (χ1) is 15.8. The fraction of sp³-hybridized carbons (Fsp3) is 0.320. The van der Waals surface area contributed by atoms with Crippen LogP contribution >= 0.6 is 11.6 Å². The predicted molar refractivity (Wildman–Crippen MR) is 133 cm³/mol. The number of carbonyl (C=O) groups excluding carboxylic acids is 1. The van der Waals surface area contributed by atoms with Crippen molar-refractivity contribution in [3.05, 3.63) is 89.4 Å². The Labute approximate surface area is 200 Å². The Kier molecular flexibility index (Phi) is 8.72. The van der Waals surface area contributed by atoms with Gasteiger partial charge in [-0.2, -0.15) is 0 Å². The van der Waals surface area contributed by atoms with Gasteiger partial charge < -0.3 is 10.0 Å². The van der Waals surface area contributed by atoms with Gasteiger partial charge in [0.2, 0.25) is 0 Å². The van der Waals surface area contributed by atoms with Crippen molar-refractivity contribution in [2.45, 2.75) is 31.3 Å². The van der Waals surface area contributed by atoms with Gasteiger partial charge in [-0.05, 0) is 55.2 Å². The van der Waals surface area contributed by atoms with Crippen LogP contribution in [0.4, 0.5) is 5.69 Å². The van der Waals surface area contributed by atoms with Gasteiger partial charge in [-0.25, -0.2) is 8.42 Å². The minimum atomic E-state index is -3.65. The number of nitrogens with zero attached hydrogens (tertiary/aromatic N) is 1. The van der Waals surface area contributed by atoms with Gasteiger partial charge in [0, 0.05) is 36.6 Å². The fourth-order valence-electron chi connectivity index (χ4n) is 3.73. The van der Waals surface area contributed by atoms with E-state index in [9.17, 15) is 18.3 Å².